The summed E-state index contributed by atoms with van der Waals surface area (Å²) in [7, 11) is 0. The van der Waals surface area contributed by atoms with Crippen LogP contribution in [0.4, 0.5) is 0 Å². The van der Waals surface area contributed by atoms with Crippen molar-refractivity contribution >= 4 is 17.9 Å². The van der Waals surface area contributed by atoms with E-state index < -0.39 is 6.10 Å². The van der Waals surface area contributed by atoms with Crippen molar-refractivity contribution in [3.63, 3.8) is 0 Å². The van der Waals surface area contributed by atoms with Gasteiger partial charge in [0.25, 0.3) is 0 Å². The molecule has 0 spiro atoms. The number of allylic oxidation sites excluding steroid dienone is 14. The van der Waals surface area contributed by atoms with Gasteiger partial charge in [-0.05, 0) is 83.5 Å². The van der Waals surface area contributed by atoms with E-state index in [1.54, 1.807) is 0 Å². The summed E-state index contributed by atoms with van der Waals surface area (Å²) in [5.74, 6) is -0.970. The van der Waals surface area contributed by atoms with Crippen LogP contribution in [-0.4, -0.2) is 37.2 Å². The summed E-state index contributed by atoms with van der Waals surface area (Å²) in [5, 5.41) is 0. The third kappa shape index (κ3) is 49.6. The number of unbranched alkanes of at least 4 members (excludes halogenated alkanes) is 22. The zero-order chi connectivity index (χ0) is 46.5. The lowest BCUT2D eigenvalue weighted by Gasteiger charge is -2.18. The average Bonchev–Trinajstić information content (AvgIpc) is 3.29. The second-order valence-corrected chi connectivity index (χ2v) is 17.4. The van der Waals surface area contributed by atoms with Crippen LogP contribution in [0.5, 0.6) is 0 Å². The molecule has 0 aromatic rings. The highest BCUT2D eigenvalue weighted by Gasteiger charge is 2.19. The van der Waals surface area contributed by atoms with E-state index in [0.717, 1.165) is 103 Å². The first-order valence-electron chi connectivity index (χ1n) is 26.6. The molecular formula is C58H98O6. The lowest BCUT2D eigenvalue weighted by atomic mass is 10.0. The molecule has 0 radical (unpaired) electrons. The van der Waals surface area contributed by atoms with Crippen molar-refractivity contribution in [1.82, 2.24) is 0 Å². The first-order valence-corrected chi connectivity index (χ1v) is 26.6. The van der Waals surface area contributed by atoms with Gasteiger partial charge in [0.15, 0.2) is 6.10 Å². The molecule has 0 amide bonds. The van der Waals surface area contributed by atoms with Crippen LogP contribution in [0.15, 0.2) is 85.1 Å². The maximum Gasteiger partial charge on any atom is 0.306 e. The molecule has 0 saturated heterocycles. The minimum atomic E-state index is -0.803. The summed E-state index contributed by atoms with van der Waals surface area (Å²) >= 11 is 0. The number of rotatable bonds is 47. The van der Waals surface area contributed by atoms with Gasteiger partial charge in [0, 0.05) is 19.3 Å². The maximum atomic E-state index is 12.8. The van der Waals surface area contributed by atoms with E-state index >= 15 is 0 Å². The molecule has 0 aromatic carbocycles. The Morgan fingerprint density at radius 2 is 0.641 bits per heavy atom. The number of esters is 3. The van der Waals surface area contributed by atoms with Crippen LogP contribution in [-0.2, 0) is 28.6 Å². The van der Waals surface area contributed by atoms with Crippen LogP contribution in [0.3, 0.4) is 0 Å². The maximum absolute atomic E-state index is 12.8. The highest BCUT2D eigenvalue weighted by atomic mass is 16.6. The fourth-order valence-electron chi connectivity index (χ4n) is 7.14. The molecule has 64 heavy (non-hydrogen) atoms. The van der Waals surface area contributed by atoms with Crippen molar-refractivity contribution in [2.45, 2.75) is 252 Å². The third-order valence-electron chi connectivity index (χ3n) is 11.1. The predicted molar refractivity (Wildman–Crippen MR) is 274 cm³/mol. The van der Waals surface area contributed by atoms with Gasteiger partial charge in [0.1, 0.15) is 13.2 Å². The zero-order valence-corrected chi connectivity index (χ0v) is 41.8. The van der Waals surface area contributed by atoms with Crippen LogP contribution in [0.1, 0.15) is 245 Å². The second-order valence-electron chi connectivity index (χ2n) is 17.4. The molecule has 0 rings (SSSR count). The minimum Gasteiger partial charge on any atom is -0.462 e. The summed E-state index contributed by atoms with van der Waals surface area (Å²) in [5.41, 5.74) is 0. The second kappa shape index (κ2) is 52.2. The quantitative estimate of drug-likeness (QED) is 0.0262. The van der Waals surface area contributed by atoms with E-state index in [1.165, 1.54) is 96.3 Å². The molecule has 0 bridgehead atoms. The third-order valence-corrected chi connectivity index (χ3v) is 11.1. The van der Waals surface area contributed by atoms with E-state index in [4.69, 9.17) is 14.2 Å². The molecule has 0 saturated carbocycles. The monoisotopic (exact) mass is 891 g/mol. The Hall–Kier alpha value is -3.41. The van der Waals surface area contributed by atoms with Crippen LogP contribution >= 0.6 is 0 Å². The van der Waals surface area contributed by atoms with Gasteiger partial charge in [0.05, 0.1) is 0 Å². The molecule has 0 aromatic heterocycles. The highest BCUT2D eigenvalue weighted by molar-refractivity contribution is 5.71. The number of carbonyl (C=O) groups excluding carboxylic acids is 3. The Kier molecular flexibility index (Phi) is 49.4. The molecule has 0 unspecified atom stereocenters. The molecule has 0 aliphatic carbocycles. The molecule has 1 atom stereocenters. The van der Waals surface area contributed by atoms with Gasteiger partial charge in [-0.1, -0.05) is 228 Å². The summed E-state index contributed by atoms with van der Waals surface area (Å²) in [4.78, 5) is 38.0. The van der Waals surface area contributed by atoms with Crippen molar-refractivity contribution < 1.29 is 28.6 Å². The lowest BCUT2D eigenvalue weighted by molar-refractivity contribution is -0.167. The van der Waals surface area contributed by atoms with Gasteiger partial charge >= 0.3 is 17.9 Å². The van der Waals surface area contributed by atoms with Gasteiger partial charge in [-0.25, -0.2) is 0 Å². The normalized spacial score (nSPS) is 12.7. The first kappa shape index (κ1) is 60.6. The predicted octanol–water partition coefficient (Wildman–Crippen LogP) is 17.6. The van der Waals surface area contributed by atoms with E-state index in [0.29, 0.717) is 19.3 Å². The standard InChI is InChI=1S/C58H98O6/c1-4-7-10-13-16-19-22-25-28-29-31-33-36-39-42-45-48-51-57(60)63-54-55(53-62-56(59)50-47-44-41-38-35-32-27-24-21-18-15-12-9-6-3)64-58(61)52-49-46-43-40-37-34-30-26-23-20-17-14-11-8-5-2/h7,10,15-16,18-19,24-25,27-28,31,33,39,42,55H,4-6,8-9,11-14,17,20-23,26,29-30,32,34-38,40-41,43-54H2,1-3H3/b10-7-,18-15-,19-16-,27-24-,28-25-,33-31-,42-39-/t55-/m1/s1. The molecule has 0 heterocycles. The van der Waals surface area contributed by atoms with E-state index in [2.05, 4.69) is 106 Å². The Morgan fingerprint density at radius 3 is 1.06 bits per heavy atom. The Bertz CT molecular complexity index is 1250. The molecule has 6 heteroatoms. The van der Waals surface area contributed by atoms with E-state index in [1.807, 2.05) is 0 Å². The van der Waals surface area contributed by atoms with Crippen LogP contribution < -0.4 is 0 Å². The number of ether oxygens (including phenoxy) is 3. The summed E-state index contributed by atoms with van der Waals surface area (Å²) in [6.07, 6.45) is 67.1. The lowest BCUT2D eigenvalue weighted by Crippen LogP contribution is -2.30. The molecule has 0 aliphatic heterocycles. The number of hydrogen-bond donors (Lipinski definition) is 0. The minimum absolute atomic E-state index is 0.100. The topological polar surface area (TPSA) is 78.9 Å². The van der Waals surface area contributed by atoms with Crippen LogP contribution in [0.2, 0.25) is 0 Å². The summed E-state index contributed by atoms with van der Waals surface area (Å²) < 4.78 is 16.8. The summed E-state index contributed by atoms with van der Waals surface area (Å²) in [6, 6.07) is 0. The largest absolute Gasteiger partial charge is 0.462 e. The van der Waals surface area contributed by atoms with E-state index in [-0.39, 0.29) is 37.5 Å². The van der Waals surface area contributed by atoms with Gasteiger partial charge in [-0.15, -0.1) is 0 Å². The van der Waals surface area contributed by atoms with Crippen molar-refractivity contribution in [2.24, 2.45) is 0 Å². The fraction of sp³-hybridized carbons (Fsp3) is 0.707. The molecule has 0 fully saturated rings. The Labute approximate surface area is 395 Å². The Morgan fingerprint density at radius 1 is 0.328 bits per heavy atom. The molecule has 366 valence electrons. The SMILES string of the molecule is CC/C=C\C/C=C\C/C=C\C/C=C\C/C=C\CCCC(=O)OC[C@@H](COC(=O)CCCCCCC/C=C\C/C=C\CCCC)OC(=O)CCCCCCCCCCCCCCCCC. The molecule has 6 nitrogen and oxygen atoms in total. The summed E-state index contributed by atoms with van der Waals surface area (Å²) in [6.45, 7) is 6.43. The van der Waals surface area contributed by atoms with E-state index in [9.17, 15) is 14.4 Å². The fourth-order valence-corrected chi connectivity index (χ4v) is 7.14. The average molecular weight is 891 g/mol. The zero-order valence-electron chi connectivity index (χ0n) is 41.8. The van der Waals surface area contributed by atoms with Crippen molar-refractivity contribution in [3.05, 3.63) is 85.1 Å². The van der Waals surface area contributed by atoms with Crippen molar-refractivity contribution in [1.29, 1.82) is 0 Å². The molecule has 0 N–H and O–H groups in total. The van der Waals surface area contributed by atoms with Gasteiger partial charge < -0.3 is 14.2 Å². The van der Waals surface area contributed by atoms with Gasteiger partial charge in [-0.3, -0.25) is 14.4 Å². The Balaban J connectivity index is 4.49. The highest BCUT2D eigenvalue weighted by Crippen LogP contribution is 2.15. The van der Waals surface area contributed by atoms with Crippen molar-refractivity contribution in [2.75, 3.05) is 13.2 Å². The molecular weight excluding hydrogens is 793 g/mol. The van der Waals surface area contributed by atoms with Gasteiger partial charge in [0.2, 0.25) is 0 Å². The van der Waals surface area contributed by atoms with Crippen molar-refractivity contribution in [3.8, 4) is 0 Å². The van der Waals surface area contributed by atoms with Gasteiger partial charge in [-0.2, -0.15) is 0 Å². The number of hydrogen-bond acceptors (Lipinski definition) is 6. The van der Waals surface area contributed by atoms with Crippen LogP contribution in [0.25, 0.3) is 0 Å². The molecule has 0 aliphatic rings. The first-order chi connectivity index (χ1) is 31.5. The smallest absolute Gasteiger partial charge is 0.306 e. The number of carbonyl (C=O) groups is 3. The van der Waals surface area contributed by atoms with Crippen LogP contribution in [0, 0.1) is 0 Å².